The molecule has 6 heteroatoms. The lowest BCUT2D eigenvalue weighted by atomic mass is 9.80. The summed E-state index contributed by atoms with van der Waals surface area (Å²) in [5.41, 5.74) is -0.510. The first kappa shape index (κ1) is 15.9. The van der Waals surface area contributed by atoms with Crippen molar-refractivity contribution in [3.8, 4) is 0 Å². The second-order valence-corrected chi connectivity index (χ2v) is 7.52. The van der Waals surface area contributed by atoms with Crippen LogP contribution in [0.25, 0.3) is 0 Å². The van der Waals surface area contributed by atoms with Gasteiger partial charge in [-0.25, -0.2) is 4.68 Å². The molecule has 1 atom stereocenters. The molecule has 0 amide bonds. The molecule has 2 rings (SSSR count). The van der Waals surface area contributed by atoms with Gasteiger partial charge in [0.15, 0.2) is 5.82 Å². The van der Waals surface area contributed by atoms with Crippen LogP contribution >= 0.6 is 0 Å². The van der Waals surface area contributed by atoms with Crippen LogP contribution < -0.4 is 0 Å². The second kappa shape index (κ2) is 5.73. The van der Waals surface area contributed by atoms with Gasteiger partial charge in [-0.2, -0.15) is 0 Å². The van der Waals surface area contributed by atoms with Crippen LogP contribution in [-0.2, 0) is 17.8 Å². The summed E-state index contributed by atoms with van der Waals surface area (Å²) in [6, 6.07) is 0. The van der Waals surface area contributed by atoms with E-state index in [9.17, 15) is 9.90 Å². The van der Waals surface area contributed by atoms with Gasteiger partial charge in [0.2, 0.25) is 0 Å². The molecule has 118 valence electrons. The molecule has 0 aliphatic heterocycles. The fraction of sp³-hybridized carbons (Fsp3) is 0.867. The Labute approximate surface area is 125 Å². The van der Waals surface area contributed by atoms with E-state index in [4.69, 9.17) is 0 Å². The zero-order chi connectivity index (χ0) is 15.7. The van der Waals surface area contributed by atoms with Gasteiger partial charge in [-0.05, 0) is 34.6 Å². The van der Waals surface area contributed by atoms with Crippen LogP contribution in [-0.4, -0.2) is 31.3 Å². The Kier molecular flexibility index (Phi) is 4.35. The third-order valence-electron chi connectivity index (χ3n) is 5.04. The second-order valence-electron chi connectivity index (χ2n) is 7.52. The van der Waals surface area contributed by atoms with E-state index in [1.807, 2.05) is 0 Å². The zero-order valence-electron chi connectivity index (χ0n) is 13.5. The monoisotopic (exact) mass is 294 g/mol. The fourth-order valence-electron chi connectivity index (χ4n) is 2.85. The third kappa shape index (κ3) is 3.41. The highest BCUT2D eigenvalue weighted by atomic mass is 16.4. The number of carbonyl (C=O) groups is 1. The molecular weight excluding hydrogens is 268 g/mol. The molecule has 6 nitrogen and oxygen atoms in total. The smallest absolute Gasteiger partial charge is 0.311 e. The summed E-state index contributed by atoms with van der Waals surface area (Å²) in [4.78, 5) is 11.7. The van der Waals surface area contributed by atoms with E-state index in [1.165, 1.54) is 0 Å². The van der Waals surface area contributed by atoms with Crippen molar-refractivity contribution in [3.05, 3.63) is 5.82 Å². The number of carboxylic acids is 1. The van der Waals surface area contributed by atoms with E-state index in [0.29, 0.717) is 12.5 Å². The molecule has 1 heterocycles. The molecular formula is C15H26N4O2. The standard InChI is InChI=1S/C15H26N4O2/c1-11(14(2,3)4)9-12-16-17-18-19(12)10-15(13(20)21)7-5-6-8-15/h11H,5-10H2,1-4H3,(H,20,21). The largest absolute Gasteiger partial charge is 0.481 e. The Bertz CT molecular complexity index is 498. The van der Waals surface area contributed by atoms with Crippen LogP contribution in [0.3, 0.4) is 0 Å². The predicted molar refractivity (Wildman–Crippen MR) is 78.7 cm³/mol. The predicted octanol–water partition coefficient (Wildman–Crippen LogP) is 2.54. The normalized spacial score (nSPS) is 19.6. The van der Waals surface area contributed by atoms with Crippen molar-refractivity contribution < 1.29 is 9.90 Å². The van der Waals surface area contributed by atoms with E-state index in [-0.39, 0.29) is 5.41 Å². The molecule has 1 N–H and O–H groups in total. The number of hydrogen-bond acceptors (Lipinski definition) is 4. The Morgan fingerprint density at radius 3 is 2.52 bits per heavy atom. The lowest BCUT2D eigenvalue weighted by molar-refractivity contribution is -0.149. The van der Waals surface area contributed by atoms with Crippen LogP contribution in [0, 0.1) is 16.7 Å². The molecule has 1 fully saturated rings. The number of hydrogen-bond donors (Lipinski definition) is 1. The van der Waals surface area contributed by atoms with Crippen LogP contribution in [0.4, 0.5) is 0 Å². The minimum Gasteiger partial charge on any atom is -0.481 e. The Morgan fingerprint density at radius 2 is 2.00 bits per heavy atom. The maximum atomic E-state index is 11.7. The summed E-state index contributed by atoms with van der Waals surface area (Å²) < 4.78 is 1.71. The first-order valence-electron chi connectivity index (χ1n) is 7.73. The van der Waals surface area contributed by atoms with Gasteiger partial charge >= 0.3 is 5.97 Å². The molecule has 1 aromatic heterocycles. The van der Waals surface area contributed by atoms with Gasteiger partial charge in [-0.3, -0.25) is 4.79 Å². The lowest BCUT2D eigenvalue weighted by Crippen LogP contribution is -2.34. The summed E-state index contributed by atoms with van der Waals surface area (Å²) in [5.74, 6) is 0.502. The Morgan fingerprint density at radius 1 is 1.38 bits per heavy atom. The van der Waals surface area contributed by atoms with Crippen molar-refractivity contribution in [2.24, 2.45) is 16.7 Å². The zero-order valence-corrected chi connectivity index (χ0v) is 13.5. The first-order chi connectivity index (χ1) is 9.74. The molecule has 1 aliphatic rings. The molecule has 0 aromatic carbocycles. The van der Waals surface area contributed by atoms with Gasteiger partial charge in [0.25, 0.3) is 0 Å². The molecule has 0 bridgehead atoms. The molecule has 1 saturated carbocycles. The average molecular weight is 294 g/mol. The molecule has 1 unspecified atom stereocenters. The lowest BCUT2D eigenvalue weighted by Gasteiger charge is -2.28. The number of rotatable bonds is 5. The summed E-state index contributed by atoms with van der Waals surface area (Å²) in [6.07, 6.45) is 4.16. The van der Waals surface area contributed by atoms with Gasteiger partial charge in [0, 0.05) is 6.42 Å². The summed E-state index contributed by atoms with van der Waals surface area (Å²) >= 11 is 0. The SMILES string of the molecule is CC(Cc1nnnn1CC1(C(=O)O)CCCC1)C(C)(C)C. The van der Waals surface area contributed by atoms with Gasteiger partial charge in [0.05, 0.1) is 12.0 Å². The molecule has 1 aliphatic carbocycles. The maximum Gasteiger partial charge on any atom is 0.311 e. The van der Waals surface area contributed by atoms with Gasteiger partial charge < -0.3 is 5.11 Å². The molecule has 0 spiro atoms. The third-order valence-corrected chi connectivity index (χ3v) is 5.04. The van der Waals surface area contributed by atoms with Gasteiger partial charge in [-0.15, -0.1) is 5.10 Å². The maximum absolute atomic E-state index is 11.7. The van der Waals surface area contributed by atoms with Crippen molar-refractivity contribution >= 4 is 5.97 Å². The average Bonchev–Trinajstić information content (AvgIpc) is 2.99. The van der Waals surface area contributed by atoms with Crippen LogP contribution in [0.2, 0.25) is 0 Å². The van der Waals surface area contributed by atoms with Gasteiger partial charge in [-0.1, -0.05) is 40.5 Å². The number of tetrazole rings is 1. The molecule has 0 radical (unpaired) electrons. The molecule has 21 heavy (non-hydrogen) atoms. The summed E-state index contributed by atoms with van der Waals surface area (Å²) in [5, 5.41) is 21.5. The Balaban J connectivity index is 2.15. The van der Waals surface area contributed by atoms with E-state index >= 15 is 0 Å². The molecule has 1 aromatic rings. The Hall–Kier alpha value is -1.46. The number of aliphatic carboxylic acids is 1. The van der Waals surface area contributed by atoms with E-state index in [1.54, 1.807) is 4.68 Å². The highest BCUT2D eigenvalue weighted by Gasteiger charge is 2.42. The molecule has 0 saturated heterocycles. The van der Waals surface area contributed by atoms with Crippen LogP contribution in [0.5, 0.6) is 0 Å². The first-order valence-corrected chi connectivity index (χ1v) is 7.73. The number of carboxylic acid groups (broad SMARTS) is 1. The van der Waals surface area contributed by atoms with Crippen molar-refractivity contribution in [1.82, 2.24) is 20.2 Å². The highest BCUT2D eigenvalue weighted by Crippen LogP contribution is 2.40. The highest BCUT2D eigenvalue weighted by molar-refractivity contribution is 5.74. The summed E-state index contributed by atoms with van der Waals surface area (Å²) in [7, 11) is 0. The van der Waals surface area contributed by atoms with E-state index < -0.39 is 11.4 Å². The van der Waals surface area contributed by atoms with E-state index in [2.05, 4.69) is 43.2 Å². The minimum absolute atomic E-state index is 0.175. The van der Waals surface area contributed by atoms with Crippen LogP contribution in [0.15, 0.2) is 0 Å². The fourth-order valence-corrected chi connectivity index (χ4v) is 2.85. The van der Waals surface area contributed by atoms with Crippen LogP contribution in [0.1, 0.15) is 59.2 Å². The number of aromatic nitrogens is 4. The van der Waals surface area contributed by atoms with Crippen molar-refractivity contribution in [2.75, 3.05) is 0 Å². The minimum atomic E-state index is -0.717. The van der Waals surface area contributed by atoms with Crippen molar-refractivity contribution in [1.29, 1.82) is 0 Å². The quantitative estimate of drug-likeness (QED) is 0.902. The van der Waals surface area contributed by atoms with E-state index in [0.717, 1.165) is 37.9 Å². The number of nitrogens with zero attached hydrogens (tertiary/aromatic N) is 4. The summed E-state index contributed by atoms with van der Waals surface area (Å²) in [6.45, 7) is 9.16. The topological polar surface area (TPSA) is 80.9 Å². The van der Waals surface area contributed by atoms with Crippen molar-refractivity contribution in [3.63, 3.8) is 0 Å². The van der Waals surface area contributed by atoms with Crippen molar-refractivity contribution in [2.45, 2.75) is 66.3 Å². The van der Waals surface area contributed by atoms with Gasteiger partial charge in [0.1, 0.15) is 0 Å².